The summed E-state index contributed by atoms with van der Waals surface area (Å²) in [6.07, 6.45) is 2.38. The Kier molecular flexibility index (Phi) is 2.02. The van der Waals surface area contributed by atoms with Gasteiger partial charge in [0.15, 0.2) is 5.82 Å². The molecule has 0 aliphatic carbocycles. The third-order valence-electron chi connectivity index (χ3n) is 1.27. The minimum Gasteiger partial charge on any atom is -0.385 e. The van der Waals surface area contributed by atoms with Crippen molar-refractivity contribution in [3.8, 4) is 6.07 Å². The van der Waals surface area contributed by atoms with E-state index < -0.39 is 5.82 Å². The van der Waals surface area contributed by atoms with Crippen LogP contribution in [0.1, 0.15) is 5.56 Å². The van der Waals surface area contributed by atoms with Crippen molar-refractivity contribution in [1.82, 2.24) is 4.98 Å². The molecule has 1 N–H and O–H groups in total. The molecule has 0 fully saturated rings. The predicted molar refractivity (Wildman–Crippen MR) is 38.5 cm³/mol. The highest BCUT2D eigenvalue weighted by molar-refractivity contribution is 5.56. The van der Waals surface area contributed by atoms with Gasteiger partial charge in [0, 0.05) is 13.2 Å². The molecular formula is C7H6FN3. The normalized spacial score (nSPS) is 8.82. The molecule has 0 saturated heterocycles. The summed E-state index contributed by atoms with van der Waals surface area (Å²) in [5, 5.41) is 11.1. The van der Waals surface area contributed by atoms with Gasteiger partial charge < -0.3 is 5.32 Å². The number of hydrogen-bond donors (Lipinski definition) is 1. The van der Waals surface area contributed by atoms with Gasteiger partial charge in [0.05, 0.1) is 17.4 Å². The first kappa shape index (κ1) is 7.48. The van der Waals surface area contributed by atoms with Crippen molar-refractivity contribution in [2.45, 2.75) is 0 Å². The second-order valence-electron chi connectivity index (χ2n) is 1.91. The van der Waals surface area contributed by atoms with E-state index in [1.54, 1.807) is 7.05 Å². The molecule has 1 heterocycles. The number of hydrogen-bond acceptors (Lipinski definition) is 3. The van der Waals surface area contributed by atoms with Crippen LogP contribution in [-0.4, -0.2) is 12.0 Å². The lowest BCUT2D eigenvalue weighted by atomic mass is 10.2. The third-order valence-corrected chi connectivity index (χ3v) is 1.27. The van der Waals surface area contributed by atoms with Crippen LogP contribution in [0, 0.1) is 17.1 Å². The molecule has 1 aromatic rings. The summed E-state index contributed by atoms with van der Waals surface area (Å²) in [5.74, 6) is -0.508. The molecule has 0 aromatic carbocycles. The monoisotopic (exact) mass is 151 g/mol. The van der Waals surface area contributed by atoms with Crippen molar-refractivity contribution < 1.29 is 4.39 Å². The van der Waals surface area contributed by atoms with Crippen molar-refractivity contribution in [1.29, 1.82) is 5.26 Å². The zero-order valence-electron chi connectivity index (χ0n) is 5.93. The maximum Gasteiger partial charge on any atom is 0.165 e. The van der Waals surface area contributed by atoms with Crippen LogP contribution in [0.2, 0.25) is 0 Å². The van der Waals surface area contributed by atoms with Crippen molar-refractivity contribution >= 4 is 5.69 Å². The first-order valence-electron chi connectivity index (χ1n) is 3.01. The first-order chi connectivity index (χ1) is 5.29. The van der Waals surface area contributed by atoms with Crippen molar-refractivity contribution in [3.63, 3.8) is 0 Å². The fourth-order valence-corrected chi connectivity index (χ4v) is 0.774. The number of aromatic nitrogens is 1. The molecule has 0 saturated carbocycles. The topological polar surface area (TPSA) is 48.7 Å². The number of halogens is 1. The van der Waals surface area contributed by atoms with Crippen molar-refractivity contribution in [2.75, 3.05) is 12.4 Å². The molecule has 0 aliphatic rings. The minimum atomic E-state index is -0.508. The van der Waals surface area contributed by atoms with E-state index in [9.17, 15) is 4.39 Å². The smallest absolute Gasteiger partial charge is 0.165 e. The summed E-state index contributed by atoms with van der Waals surface area (Å²) >= 11 is 0. The van der Waals surface area contributed by atoms with E-state index in [0.717, 1.165) is 6.20 Å². The second-order valence-corrected chi connectivity index (χ2v) is 1.91. The maximum atomic E-state index is 12.8. The van der Waals surface area contributed by atoms with Crippen LogP contribution in [0.3, 0.4) is 0 Å². The first-order valence-corrected chi connectivity index (χ1v) is 3.01. The zero-order chi connectivity index (χ0) is 8.27. The van der Waals surface area contributed by atoms with E-state index in [0.29, 0.717) is 0 Å². The Morgan fingerprint density at radius 3 is 2.82 bits per heavy atom. The van der Waals surface area contributed by atoms with Gasteiger partial charge in [-0.05, 0) is 0 Å². The molecule has 1 aromatic heterocycles. The predicted octanol–water partition coefficient (Wildman–Crippen LogP) is 1.13. The molecular weight excluding hydrogens is 145 g/mol. The van der Waals surface area contributed by atoms with Crippen molar-refractivity contribution in [2.24, 2.45) is 0 Å². The van der Waals surface area contributed by atoms with E-state index in [1.807, 2.05) is 6.07 Å². The van der Waals surface area contributed by atoms with E-state index in [-0.39, 0.29) is 11.3 Å². The van der Waals surface area contributed by atoms with Crippen LogP contribution >= 0.6 is 0 Å². The van der Waals surface area contributed by atoms with Crippen LogP contribution in [0.5, 0.6) is 0 Å². The van der Waals surface area contributed by atoms with Crippen LogP contribution in [0.15, 0.2) is 12.4 Å². The summed E-state index contributed by atoms with van der Waals surface area (Å²) < 4.78 is 12.8. The lowest BCUT2D eigenvalue weighted by Crippen LogP contribution is -1.96. The Morgan fingerprint density at radius 2 is 2.36 bits per heavy atom. The Balaban J connectivity index is 3.27. The highest BCUT2D eigenvalue weighted by Crippen LogP contribution is 2.15. The molecule has 0 atom stereocenters. The minimum absolute atomic E-state index is 0.197. The standard InChI is InChI=1S/C7H6FN3/c1-10-7-5(2-9)3-11-4-6(7)8/h3-4H,1H3,(H,10,11). The van der Waals surface area contributed by atoms with E-state index in [1.165, 1.54) is 6.20 Å². The number of pyridine rings is 1. The van der Waals surface area contributed by atoms with Crippen LogP contribution < -0.4 is 5.32 Å². The van der Waals surface area contributed by atoms with Crippen LogP contribution in [0.25, 0.3) is 0 Å². The second kappa shape index (κ2) is 2.97. The van der Waals surface area contributed by atoms with Gasteiger partial charge >= 0.3 is 0 Å². The number of rotatable bonds is 1. The molecule has 0 amide bonds. The molecule has 4 heteroatoms. The average Bonchev–Trinajstić information content (AvgIpc) is 2.04. The molecule has 0 radical (unpaired) electrons. The Bertz CT molecular complexity index is 303. The molecule has 1 rings (SSSR count). The number of nitriles is 1. The molecule has 11 heavy (non-hydrogen) atoms. The summed E-state index contributed by atoms with van der Waals surface area (Å²) in [6.45, 7) is 0. The Labute approximate surface area is 63.5 Å². The molecule has 3 nitrogen and oxygen atoms in total. The lowest BCUT2D eigenvalue weighted by molar-refractivity contribution is 0.624. The highest BCUT2D eigenvalue weighted by Gasteiger charge is 2.05. The quantitative estimate of drug-likeness (QED) is 0.654. The SMILES string of the molecule is CNc1c(F)cncc1C#N. The molecule has 56 valence electrons. The number of nitrogens with zero attached hydrogens (tertiary/aromatic N) is 2. The molecule has 0 aliphatic heterocycles. The van der Waals surface area contributed by atoms with Crippen molar-refractivity contribution in [3.05, 3.63) is 23.8 Å². The van der Waals surface area contributed by atoms with Gasteiger partial charge in [0.25, 0.3) is 0 Å². The van der Waals surface area contributed by atoms with Gasteiger partial charge in [-0.2, -0.15) is 5.26 Å². The summed E-state index contributed by atoms with van der Waals surface area (Å²) in [5.41, 5.74) is 0.412. The maximum absolute atomic E-state index is 12.8. The summed E-state index contributed by atoms with van der Waals surface area (Å²) in [6, 6.07) is 1.82. The van der Waals surface area contributed by atoms with E-state index in [4.69, 9.17) is 5.26 Å². The lowest BCUT2D eigenvalue weighted by Gasteiger charge is -2.01. The molecule has 0 bridgehead atoms. The van der Waals surface area contributed by atoms with Gasteiger partial charge in [0.1, 0.15) is 6.07 Å². The van der Waals surface area contributed by atoms with Crippen LogP contribution in [0.4, 0.5) is 10.1 Å². The van der Waals surface area contributed by atoms with Gasteiger partial charge in [-0.1, -0.05) is 0 Å². The van der Waals surface area contributed by atoms with Gasteiger partial charge in [-0.25, -0.2) is 4.39 Å². The van der Waals surface area contributed by atoms with E-state index in [2.05, 4.69) is 10.3 Å². The average molecular weight is 151 g/mol. The largest absolute Gasteiger partial charge is 0.385 e. The van der Waals surface area contributed by atoms with E-state index >= 15 is 0 Å². The zero-order valence-corrected chi connectivity index (χ0v) is 5.93. The van der Waals surface area contributed by atoms with Gasteiger partial charge in [0.2, 0.25) is 0 Å². The molecule has 0 spiro atoms. The fourth-order valence-electron chi connectivity index (χ4n) is 0.774. The third kappa shape index (κ3) is 1.27. The number of anilines is 1. The fraction of sp³-hybridized carbons (Fsp3) is 0.143. The Morgan fingerprint density at radius 1 is 1.64 bits per heavy atom. The highest BCUT2D eigenvalue weighted by atomic mass is 19.1. The van der Waals surface area contributed by atoms with Gasteiger partial charge in [-0.3, -0.25) is 4.98 Å². The summed E-state index contributed by atoms with van der Waals surface area (Å²) in [7, 11) is 1.55. The number of nitrogens with one attached hydrogen (secondary N) is 1. The molecule has 0 unspecified atom stereocenters. The van der Waals surface area contributed by atoms with Gasteiger partial charge in [-0.15, -0.1) is 0 Å². The van der Waals surface area contributed by atoms with Crippen LogP contribution in [-0.2, 0) is 0 Å². The Hall–Kier alpha value is -1.63. The summed E-state index contributed by atoms with van der Waals surface area (Å²) in [4.78, 5) is 3.53.